The number of hydrogen-bond donors (Lipinski definition) is 1. The molecule has 182 valence electrons. The van der Waals surface area contributed by atoms with Crippen LogP contribution in [0.1, 0.15) is 12.8 Å². The lowest BCUT2D eigenvalue weighted by Crippen LogP contribution is -2.38. The van der Waals surface area contributed by atoms with Crippen LogP contribution in [0.5, 0.6) is 17.2 Å². The molecular weight excluding hydrogens is 488 g/mol. The number of piperidine rings is 1. The molecule has 6 nitrogen and oxygen atoms in total. The van der Waals surface area contributed by atoms with Crippen LogP contribution < -0.4 is 19.5 Å². The highest BCUT2D eigenvalue weighted by atomic mass is 35.5. The van der Waals surface area contributed by atoms with Crippen molar-refractivity contribution in [3.63, 3.8) is 0 Å². The molecule has 33 heavy (non-hydrogen) atoms. The molecule has 0 unspecified atom stereocenters. The average Bonchev–Trinajstić information content (AvgIpc) is 3.22. The van der Waals surface area contributed by atoms with Crippen LogP contribution in [0.15, 0.2) is 36.4 Å². The summed E-state index contributed by atoms with van der Waals surface area (Å²) in [6.45, 7) is 4.54. The number of fused-ring (bicyclic) bond motifs is 1. The quantitative estimate of drug-likeness (QED) is 0.404. The van der Waals surface area contributed by atoms with E-state index in [1.807, 2.05) is 12.1 Å². The van der Waals surface area contributed by atoms with Gasteiger partial charge in [0.25, 0.3) is 0 Å². The fourth-order valence-electron chi connectivity index (χ4n) is 3.79. The van der Waals surface area contributed by atoms with Crippen LogP contribution in [0.25, 0.3) is 10.2 Å². The molecule has 0 saturated carbocycles. The van der Waals surface area contributed by atoms with Gasteiger partial charge in [0.05, 0.1) is 24.4 Å². The fourth-order valence-corrected chi connectivity index (χ4v) is 4.74. The molecule has 1 aliphatic rings. The third-order valence-electron chi connectivity index (χ3n) is 5.62. The lowest BCUT2D eigenvalue weighted by atomic mass is 9.97. The summed E-state index contributed by atoms with van der Waals surface area (Å²) < 4.78 is 30.5. The van der Waals surface area contributed by atoms with Gasteiger partial charge in [0, 0.05) is 25.2 Å². The minimum atomic E-state index is -0.243. The van der Waals surface area contributed by atoms with Gasteiger partial charge in [0.15, 0.2) is 5.13 Å². The number of thiazole rings is 1. The number of nitrogens with one attached hydrogen (secondary N) is 1. The second-order valence-corrected chi connectivity index (χ2v) is 8.66. The Bertz CT molecular complexity index is 999. The molecule has 0 amide bonds. The van der Waals surface area contributed by atoms with Gasteiger partial charge in [-0.2, -0.15) is 0 Å². The molecule has 0 aliphatic carbocycles. The van der Waals surface area contributed by atoms with Crippen LogP contribution in [-0.4, -0.2) is 56.9 Å². The molecule has 3 aromatic rings. The molecule has 0 bridgehead atoms. The first-order valence-electron chi connectivity index (χ1n) is 10.5. The van der Waals surface area contributed by atoms with Gasteiger partial charge in [-0.1, -0.05) is 11.3 Å². The molecule has 2 aromatic carbocycles. The van der Waals surface area contributed by atoms with Gasteiger partial charge >= 0.3 is 0 Å². The van der Waals surface area contributed by atoms with Crippen LogP contribution in [0.4, 0.5) is 9.52 Å². The maximum atomic E-state index is 12.9. The van der Waals surface area contributed by atoms with Gasteiger partial charge in [-0.25, -0.2) is 9.37 Å². The van der Waals surface area contributed by atoms with Gasteiger partial charge in [0.2, 0.25) is 0 Å². The van der Waals surface area contributed by atoms with E-state index in [9.17, 15) is 4.39 Å². The number of halogens is 3. The molecule has 1 aliphatic heterocycles. The predicted octanol–water partition coefficient (Wildman–Crippen LogP) is 5.50. The van der Waals surface area contributed by atoms with Crippen molar-refractivity contribution in [3.05, 3.63) is 42.2 Å². The summed E-state index contributed by atoms with van der Waals surface area (Å²) in [4.78, 5) is 7.13. The summed E-state index contributed by atoms with van der Waals surface area (Å²) in [6, 6.07) is 10.0. The molecule has 0 radical (unpaired) electrons. The number of aromatic nitrogens is 1. The smallest absolute Gasteiger partial charge is 0.183 e. The Morgan fingerprint density at radius 2 is 1.79 bits per heavy atom. The zero-order valence-corrected chi connectivity index (χ0v) is 21.2. The fraction of sp³-hybridized carbons (Fsp3) is 0.435. The molecule has 1 fully saturated rings. The molecule has 0 atom stereocenters. The van der Waals surface area contributed by atoms with Crippen LogP contribution in [0.2, 0.25) is 0 Å². The Morgan fingerprint density at radius 3 is 2.45 bits per heavy atom. The summed E-state index contributed by atoms with van der Waals surface area (Å²) in [5.41, 5.74) is 0.889. The first-order valence-corrected chi connectivity index (χ1v) is 11.3. The van der Waals surface area contributed by atoms with Gasteiger partial charge in [-0.15, -0.1) is 24.8 Å². The standard InChI is InChI=1S/C23H28FN3O3S.2ClH/c1-28-19-13-20-22(21(14-19)29-2)31-23(26-20)25-15-16-7-9-27(10-8-16)11-12-30-18-5-3-17(24)4-6-18;;/h3-6,13-14,16H,7-12,15H2,1-2H3,(H,25,26);2*1H. The lowest BCUT2D eigenvalue weighted by molar-refractivity contribution is 0.158. The Kier molecular flexibility index (Phi) is 10.8. The van der Waals surface area contributed by atoms with E-state index in [4.69, 9.17) is 19.2 Å². The van der Waals surface area contributed by atoms with Crippen LogP contribution >= 0.6 is 36.2 Å². The van der Waals surface area contributed by atoms with E-state index >= 15 is 0 Å². The molecule has 0 spiro atoms. The van der Waals surface area contributed by atoms with Crippen molar-refractivity contribution in [1.82, 2.24) is 9.88 Å². The summed E-state index contributed by atoms with van der Waals surface area (Å²) >= 11 is 1.61. The minimum absolute atomic E-state index is 0. The number of benzene rings is 2. The summed E-state index contributed by atoms with van der Waals surface area (Å²) in [5, 5.41) is 4.43. The van der Waals surface area contributed by atoms with E-state index in [2.05, 4.69) is 10.2 Å². The summed E-state index contributed by atoms with van der Waals surface area (Å²) in [7, 11) is 3.31. The maximum Gasteiger partial charge on any atom is 0.183 e. The Morgan fingerprint density at radius 1 is 1.06 bits per heavy atom. The molecule has 1 saturated heterocycles. The number of rotatable bonds is 9. The van der Waals surface area contributed by atoms with Crippen molar-refractivity contribution < 1.29 is 18.6 Å². The topological polar surface area (TPSA) is 55.9 Å². The van der Waals surface area contributed by atoms with Crippen LogP contribution in [0, 0.1) is 11.7 Å². The lowest BCUT2D eigenvalue weighted by Gasteiger charge is -2.31. The summed E-state index contributed by atoms with van der Waals surface area (Å²) in [6.07, 6.45) is 2.29. The van der Waals surface area contributed by atoms with E-state index < -0.39 is 0 Å². The number of hydrogen-bond acceptors (Lipinski definition) is 7. The van der Waals surface area contributed by atoms with Crippen molar-refractivity contribution in [2.45, 2.75) is 12.8 Å². The molecule has 2 heterocycles. The molecule has 10 heteroatoms. The van der Waals surface area contributed by atoms with Gasteiger partial charge in [-0.3, -0.25) is 4.90 Å². The molecular formula is C23H30Cl2FN3O3S. The maximum absolute atomic E-state index is 12.9. The number of ether oxygens (including phenoxy) is 3. The van der Waals surface area contributed by atoms with Gasteiger partial charge in [-0.05, 0) is 56.1 Å². The normalized spacial score (nSPS) is 14.3. The Labute approximate surface area is 210 Å². The van der Waals surface area contributed by atoms with E-state index in [0.717, 1.165) is 65.9 Å². The largest absolute Gasteiger partial charge is 0.497 e. The monoisotopic (exact) mass is 517 g/mol. The summed E-state index contributed by atoms with van der Waals surface area (Å²) in [5.74, 6) is 2.63. The zero-order chi connectivity index (χ0) is 21.6. The van der Waals surface area contributed by atoms with Gasteiger partial charge < -0.3 is 19.5 Å². The van der Waals surface area contributed by atoms with Crippen LogP contribution in [-0.2, 0) is 0 Å². The zero-order valence-electron chi connectivity index (χ0n) is 18.7. The highest BCUT2D eigenvalue weighted by Crippen LogP contribution is 2.37. The highest BCUT2D eigenvalue weighted by molar-refractivity contribution is 7.22. The predicted molar refractivity (Wildman–Crippen MR) is 137 cm³/mol. The van der Waals surface area contributed by atoms with Crippen molar-refractivity contribution in [3.8, 4) is 17.2 Å². The second-order valence-electron chi connectivity index (χ2n) is 7.67. The number of anilines is 1. The van der Waals surface area contributed by atoms with Crippen molar-refractivity contribution in [2.24, 2.45) is 5.92 Å². The van der Waals surface area contributed by atoms with E-state index in [0.29, 0.717) is 18.3 Å². The second kappa shape index (κ2) is 13.0. The van der Waals surface area contributed by atoms with Gasteiger partial charge in [0.1, 0.15) is 29.7 Å². The van der Waals surface area contributed by atoms with Crippen LogP contribution in [0.3, 0.4) is 0 Å². The van der Waals surface area contributed by atoms with E-state index in [-0.39, 0.29) is 30.6 Å². The first-order chi connectivity index (χ1) is 15.1. The highest BCUT2D eigenvalue weighted by Gasteiger charge is 2.20. The molecule has 4 rings (SSSR count). The minimum Gasteiger partial charge on any atom is -0.497 e. The number of nitrogens with zero attached hydrogens (tertiary/aromatic N) is 2. The number of methoxy groups -OCH3 is 2. The molecule has 1 aromatic heterocycles. The number of likely N-dealkylation sites (tertiary alicyclic amines) is 1. The van der Waals surface area contributed by atoms with E-state index in [1.54, 1.807) is 37.7 Å². The van der Waals surface area contributed by atoms with Crippen molar-refractivity contribution in [2.75, 3.05) is 52.3 Å². The van der Waals surface area contributed by atoms with Crippen molar-refractivity contribution in [1.29, 1.82) is 0 Å². The average molecular weight is 518 g/mol. The van der Waals surface area contributed by atoms with E-state index in [1.165, 1.54) is 12.1 Å². The third-order valence-corrected chi connectivity index (χ3v) is 6.67. The molecule has 1 N–H and O–H groups in total. The SMILES string of the molecule is COc1cc(OC)c2sc(NCC3CCN(CCOc4ccc(F)cc4)CC3)nc2c1.Cl.Cl. The van der Waals surface area contributed by atoms with Crippen molar-refractivity contribution >= 4 is 51.5 Å². The Hall–Kier alpha value is -2.00. The first kappa shape index (κ1) is 27.2. The Balaban J connectivity index is 0.00000193. The third kappa shape index (κ3) is 7.24.